The van der Waals surface area contributed by atoms with E-state index in [-0.39, 0.29) is 0 Å². The first-order valence-corrected chi connectivity index (χ1v) is 6.30. The molecule has 14 heavy (non-hydrogen) atoms. The number of hydrogen-bond donors (Lipinski definition) is 0. The average molecular weight is 276 g/mol. The lowest BCUT2D eigenvalue weighted by Gasteiger charge is -2.27. The van der Waals surface area contributed by atoms with Crippen molar-refractivity contribution in [1.29, 1.82) is 0 Å². The molecule has 0 unspecified atom stereocenters. The van der Waals surface area contributed by atoms with Crippen LogP contribution in [0.15, 0.2) is 18.2 Å². The normalized spacial score (nSPS) is 16.4. The van der Waals surface area contributed by atoms with Gasteiger partial charge in [0.2, 0.25) is 0 Å². The van der Waals surface area contributed by atoms with Crippen LogP contribution in [0.3, 0.4) is 0 Å². The van der Waals surface area contributed by atoms with E-state index in [1.54, 1.807) is 0 Å². The monoisotopic (exact) mass is 274 g/mol. The second-order valence-electron chi connectivity index (χ2n) is 3.56. The summed E-state index contributed by atoms with van der Waals surface area (Å²) in [7, 11) is 0. The summed E-state index contributed by atoms with van der Waals surface area (Å²) in [5, 5.41) is 1.55. The molecule has 0 saturated heterocycles. The first-order chi connectivity index (χ1) is 6.79. The summed E-state index contributed by atoms with van der Waals surface area (Å²) in [6.07, 6.45) is 4.09. The minimum absolute atomic E-state index is 0.425. The number of benzene rings is 1. The first kappa shape index (κ1) is 10.3. The predicted octanol–water partition coefficient (Wildman–Crippen LogP) is 4.17. The molecule has 2 rings (SSSR count). The fourth-order valence-corrected chi connectivity index (χ4v) is 2.07. The molecule has 1 fully saturated rings. The van der Waals surface area contributed by atoms with Crippen LogP contribution in [0.2, 0.25) is 5.02 Å². The summed E-state index contributed by atoms with van der Waals surface area (Å²) >= 11 is 9.34. The van der Waals surface area contributed by atoms with Crippen LogP contribution in [0.4, 0.5) is 0 Å². The molecule has 0 aromatic heterocycles. The number of halogens is 2. The van der Waals surface area contributed by atoms with E-state index >= 15 is 0 Å². The molecule has 1 aliphatic carbocycles. The molecule has 0 bridgehead atoms. The molecule has 0 radical (unpaired) electrons. The second kappa shape index (κ2) is 4.54. The van der Waals surface area contributed by atoms with E-state index in [0.29, 0.717) is 6.10 Å². The van der Waals surface area contributed by atoms with Crippen LogP contribution in [0.5, 0.6) is 5.75 Å². The Morgan fingerprint density at radius 3 is 2.79 bits per heavy atom. The van der Waals surface area contributed by atoms with Gasteiger partial charge in [0.15, 0.2) is 0 Å². The van der Waals surface area contributed by atoms with Gasteiger partial charge >= 0.3 is 0 Å². The largest absolute Gasteiger partial charge is 0.490 e. The maximum absolute atomic E-state index is 5.90. The molecule has 1 aromatic carbocycles. The Bertz CT molecular complexity index is 323. The highest BCUT2D eigenvalue weighted by molar-refractivity contribution is 9.08. The van der Waals surface area contributed by atoms with Crippen molar-refractivity contribution in [2.24, 2.45) is 0 Å². The van der Waals surface area contributed by atoms with Gasteiger partial charge < -0.3 is 4.74 Å². The highest BCUT2D eigenvalue weighted by Crippen LogP contribution is 2.30. The molecule has 0 N–H and O–H groups in total. The van der Waals surface area contributed by atoms with Crippen molar-refractivity contribution in [2.75, 3.05) is 0 Å². The molecular formula is C11H12BrClO. The lowest BCUT2D eigenvalue weighted by Crippen LogP contribution is -2.24. The average Bonchev–Trinajstić information content (AvgIpc) is 2.13. The summed E-state index contributed by atoms with van der Waals surface area (Å²) in [6, 6.07) is 5.78. The fourth-order valence-electron chi connectivity index (χ4n) is 1.44. The van der Waals surface area contributed by atoms with E-state index in [2.05, 4.69) is 15.9 Å². The van der Waals surface area contributed by atoms with Gasteiger partial charge in [-0.2, -0.15) is 0 Å². The molecule has 0 spiro atoms. The van der Waals surface area contributed by atoms with Crippen LogP contribution in [0.1, 0.15) is 24.8 Å². The first-order valence-electron chi connectivity index (χ1n) is 4.80. The Hall–Kier alpha value is -0.210. The summed E-state index contributed by atoms with van der Waals surface area (Å²) in [6.45, 7) is 0. The maximum atomic E-state index is 5.90. The van der Waals surface area contributed by atoms with E-state index in [1.165, 1.54) is 19.3 Å². The van der Waals surface area contributed by atoms with Crippen molar-refractivity contribution in [3.63, 3.8) is 0 Å². The van der Waals surface area contributed by atoms with Gasteiger partial charge in [-0.15, -0.1) is 0 Å². The summed E-state index contributed by atoms with van der Waals surface area (Å²) in [5.74, 6) is 0.968. The Morgan fingerprint density at radius 2 is 2.21 bits per heavy atom. The number of hydrogen-bond acceptors (Lipinski definition) is 1. The smallest absolute Gasteiger partial charge is 0.123 e. The van der Waals surface area contributed by atoms with Gasteiger partial charge in [0.25, 0.3) is 0 Å². The Morgan fingerprint density at radius 1 is 1.43 bits per heavy atom. The zero-order chi connectivity index (χ0) is 9.97. The van der Waals surface area contributed by atoms with Crippen LogP contribution in [-0.2, 0) is 5.33 Å². The molecule has 0 aliphatic heterocycles. The van der Waals surface area contributed by atoms with Gasteiger partial charge in [0.05, 0.1) is 6.10 Å². The highest BCUT2D eigenvalue weighted by Gasteiger charge is 2.20. The minimum Gasteiger partial charge on any atom is -0.490 e. The van der Waals surface area contributed by atoms with E-state index in [4.69, 9.17) is 16.3 Å². The third-order valence-corrected chi connectivity index (χ3v) is 3.35. The number of alkyl halides is 1. The highest BCUT2D eigenvalue weighted by atomic mass is 79.9. The Labute approximate surface area is 97.5 Å². The molecule has 1 saturated carbocycles. The van der Waals surface area contributed by atoms with Crippen molar-refractivity contribution in [1.82, 2.24) is 0 Å². The molecule has 0 heterocycles. The summed E-state index contributed by atoms with van der Waals surface area (Å²) < 4.78 is 5.84. The Kier molecular flexibility index (Phi) is 3.34. The van der Waals surface area contributed by atoms with Gasteiger partial charge in [-0.05, 0) is 37.5 Å². The summed E-state index contributed by atoms with van der Waals surface area (Å²) in [5.41, 5.74) is 1.13. The zero-order valence-electron chi connectivity index (χ0n) is 7.80. The van der Waals surface area contributed by atoms with Crippen molar-refractivity contribution < 1.29 is 4.74 Å². The fraction of sp³-hybridized carbons (Fsp3) is 0.455. The SMILES string of the molecule is Clc1ccc(OC2CCC2)c(CBr)c1. The third kappa shape index (κ3) is 2.23. The zero-order valence-corrected chi connectivity index (χ0v) is 10.1. The van der Waals surface area contributed by atoms with Crippen molar-refractivity contribution >= 4 is 27.5 Å². The standard InChI is InChI=1S/C11H12BrClO/c12-7-8-6-9(13)4-5-11(8)14-10-2-1-3-10/h4-6,10H,1-3,7H2. The molecule has 0 amide bonds. The lowest BCUT2D eigenvalue weighted by molar-refractivity contribution is 0.119. The molecule has 0 atom stereocenters. The van der Waals surface area contributed by atoms with Gasteiger partial charge in [-0.3, -0.25) is 0 Å². The lowest BCUT2D eigenvalue weighted by atomic mass is 9.96. The van der Waals surface area contributed by atoms with Crippen LogP contribution < -0.4 is 4.74 Å². The van der Waals surface area contributed by atoms with Crippen molar-refractivity contribution in [3.8, 4) is 5.75 Å². The third-order valence-electron chi connectivity index (χ3n) is 2.51. The van der Waals surface area contributed by atoms with Gasteiger partial charge in [0.1, 0.15) is 5.75 Å². The van der Waals surface area contributed by atoms with E-state index in [0.717, 1.165) is 21.7 Å². The van der Waals surface area contributed by atoms with Crippen LogP contribution in [0.25, 0.3) is 0 Å². The molecule has 3 heteroatoms. The van der Waals surface area contributed by atoms with Crippen LogP contribution in [-0.4, -0.2) is 6.10 Å². The van der Waals surface area contributed by atoms with Gasteiger partial charge in [0, 0.05) is 15.9 Å². The minimum atomic E-state index is 0.425. The molecule has 1 nitrogen and oxygen atoms in total. The van der Waals surface area contributed by atoms with E-state index in [1.807, 2.05) is 18.2 Å². The number of rotatable bonds is 3. The molecule has 76 valence electrons. The summed E-state index contributed by atoms with van der Waals surface area (Å²) in [4.78, 5) is 0. The molecule has 1 aromatic rings. The molecule has 1 aliphatic rings. The molecular weight excluding hydrogens is 263 g/mol. The van der Waals surface area contributed by atoms with Crippen LogP contribution in [0, 0.1) is 0 Å². The maximum Gasteiger partial charge on any atom is 0.123 e. The van der Waals surface area contributed by atoms with Crippen LogP contribution >= 0.6 is 27.5 Å². The predicted molar refractivity (Wildman–Crippen MR) is 62.4 cm³/mol. The van der Waals surface area contributed by atoms with E-state index < -0.39 is 0 Å². The van der Waals surface area contributed by atoms with E-state index in [9.17, 15) is 0 Å². The second-order valence-corrected chi connectivity index (χ2v) is 4.55. The van der Waals surface area contributed by atoms with Crippen molar-refractivity contribution in [3.05, 3.63) is 28.8 Å². The topological polar surface area (TPSA) is 9.23 Å². The number of ether oxygens (including phenoxy) is 1. The van der Waals surface area contributed by atoms with Crippen molar-refractivity contribution in [2.45, 2.75) is 30.7 Å². The van der Waals surface area contributed by atoms with Gasteiger partial charge in [-0.1, -0.05) is 27.5 Å². The quantitative estimate of drug-likeness (QED) is 0.753. The Balaban J connectivity index is 2.14. The van der Waals surface area contributed by atoms with Gasteiger partial charge in [-0.25, -0.2) is 0 Å².